The van der Waals surface area contributed by atoms with E-state index in [4.69, 9.17) is 0 Å². The van der Waals surface area contributed by atoms with Gasteiger partial charge in [-0.25, -0.2) is 0 Å². The highest BCUT2D eigenvalue weighted by Gasteiger charge is 2.37. The summed E-state index contributed by atoms with van der Waals surface area (Å²) >= 11 is 0. The molecule has 332 valence electrons. The topological polar surface area (TPSA) is 6.48 Å². The summed E-state index contributed by atoms with van der Waals surface area (Å²) in [6, 6.07) is 80.8. The highest BCUT2D eigenvalue weighted by Crippen LogP contribution is 2.53. The van der Waals surface area contributed by atoms with Gasteiger partial charge < -0.3 is 9.80 Å². The zero-order valence-corrected chi connectivity index (χ0v) is 39.3. The zero-order chi connectivity index (χ0) is 46.3. The van der Waals surface area contributed by atoms with Crippen molar-refractivity contribution in [2.24, 2.45) is 0 Å². The summed E-state index contributed by atoms with van der Waals surface area (Å²) in [6.45, 7) is 4.78. The predicted molar refractivity (Wildman–Crippen MR) is 292 cm³/mol. The first kappa shape index (κ1) is 42.2. The summed E-state index contributed by atoms with van der Waals surface area (Å²) in [5.41, 5.74) is 24.6. The summed E-state index contributed by atoms with van der Waals surface area (Å²) in [5, 5.41) is 0. The van der Waals surface area contributed by atoms with Crippen molar-refractivity contribution in [2.45, 2.75) is 44.9 Å². The van der Waals surface area contributed by atoms with Crippen molar-refractivity contribution in [2.75, 3.05) is 9.80 Å². The van der Waals surface area contributed by atoms with Crippen LogP contribution in [0.5, 0.6) is 0 Å². The van der Waals surface area contributed by atoms with E-state index in [-0.39, 0.29) is 5.41 Å². The number of hydrogen-bond donors (Lipinski definition) is 0. The van der Waals surface area contributed by atoms with Crippen molar-refractivity contribution in [3.05, 3.63) is 276 Å². The van der Waals surface area contributed by atoms with Crippen LogP contribution in [0.25, 0.3) is 44.5 Å². The normalized spacial score (nSPS) is 14.2. The standard InChI is InChI=1S/C67H54N2/c1-67(2)65-45-59(68(55-21-10-5-11-22-55)56-37-31-52(32-38-56)50-27-25-49(26-28-50)47-15-6-3-7-16-47)41-43-63(65)64-44-42-60(46-66(64)67)69(57-35-29-51(30-36-57)48-17-8-4-9-18-48)58-39-33-54(34-40-58)62-24-14-20-53-19-12-13-23-61(53)62/h4-6,8-13,15-19,21-46H,3,7,14,20H2,1-2H3. The van der Waals surface area contributed by atoms with Gasteiger partial charge in [0.05, 0.1) is 0 Å². The maximum atomic E-state index is 2.44. The van der Waals surface area contributed by atoms with Crippen LogP contribution in [-0.2, 0) is 11.8 Å². The minimum atomic E-state index is -0.258. The lowest BCUT2D eigenvalue weighted by atomic mass is 9.82. The molecule has 9 aromatic rings. The summed E-state index contributed by atoms with van der Waals surface area (Å²) in [7, 11) is 0. The molecule has 0 radical (unpaired) electrons. The number of para-hydroxylation sites is 1. The van der Waals surface area contributed by atoms with Crippen molar-refractivity contribution in [3.8, 4) is 33.4 Å². The Bertz CT molecular complexity index is 3410. The second kappa shape index (κ2) is 17.8. The van der Waals surface area contributed by atoms with E-state index in [2.05, 4.69) is 266 Å². The molecular weight excluding hydrogens is 833 g/mol. The Hall–Kier alpha value is -8.20. The lowest BCUT2D eigenvalue weighted by molar-refractivity contribution is 0.660. The van der Waals surface area contributed by atoms with Crippen molar-refractivity contribution in [1.29, 1.82) is 0 Å². The molecule has 2 heteroatoms. The molecule has 0 heterocycles. The van der Waals surface area contributed by atoms with Crippen molar-refractivity contribution in [3.63, 3.8) is 0 Å². The summed E-state index contributed by atoms with van der Waals surface area (Å²) < 4.78 is 0. The molecule has 0 aliphatic heterocycles. The van der Waals surface area contributed by atoms with E-state index in [0.29, 0.717) is 0 Å². The fourth-order valence-corrected chi connectivity index (χ4v) is 10.9. The molecule has 3 aliphatic carbocycles. The van der Waals surface area contributed by atoms with Gasteiger partial charge in [-0.15, -0.1) is 0 Å². The van der Waals surface area contributed by atoms with Crippen LogP contribution in [0.4, 0.5) is 34.1 Å². The molecule has 0 amide bonds. The van der Waals surface area contributed by atoms with Crippen LogP contribution in [0.2, 0.25) is 0 Å². The first-order chi connectivity index (χ1) is 34.0. The minimum Gasteiger partial charge on any atom is -0.310 e. The van der Waals surface area contributed by atoms with Gasteiger partial charge in [0.1, 0.15) is 0 Å². The van der Waals surface area contributed by atoms with Gasteiger partial charge in [-0.05, 0) is 176 Å². The van der Waals surface area contributed by atoms with Gasteiger partial charge in [0.15, 0.2) is 0 Å². The maximum absolute atomic E-state index is 2.44. The Morgan fingerprint density at radius 2 is 0.797 bits per heavy atom. The molecule has 0 saturated carbocycles. The molecular formula is C67H54N2. The third-order valence-electron chi connectivity index (χ3n) is 14.6. The molecule has 0 aromatic heterocycles. The van der Waals surface area contributed by atoms with E-state index in [1.54, 1.807) is 0 Å². The van der Waals surface area contributed by atoms with Crippen LogP contribution in [0.1, 0.15) is 66.5 Å². The average molecular weight is 887 g/mol. The Kier molecular flexibility index (Phi) is 10.9. The molecule has 12 rings (SSSR count). The molecule has 0 spiro atoms. The second-order valence-electron chi connectivity index (χ2n) is 19.1. The highest BCUT2D eigenvalue weighted by molar-refractivity contribution is 5.90. The SMILES string of the molecule is CC1(C)c2cc(N(c3ccccc3)c3ccc(-c4ccc(C5=CCCC=C5)cc4)cc3)ccc2-c2ccc(N(c3ccc(C4=CCCc5ccccc54)cc3)c3ccc(-c4ccccc4)cc3)cc21. The number of fused-ring (bicyclic) bond motifs is 4. The van der Waals surface area contributed by atoms with E-state index >= 15 is 0 Å². The third kappa shape index (κ3) is 7.92. The number of hydrogen-bond acceptors (Lipinski definition) is 2. The Labute approximate surface area is 407 Å². The number of aryl methyl sites for hydroxylation is 1. The number of rotatable bonds is 10. The molecule has 0 unspecified atom stereocenters. The van der Waals surface area contributed by atoms with E-state index in [9.17, 15) is 0 Å². The zero-order valence-electron chi connectivity index (χ0n) is 39.3. The van der Waals surface area contributed by atoms with E-state index in [0.717, 1.165) is 59.8 Å². The first-order valence-electron chi connectivity index (χ1n) is 24.5. The van der Waals surface area contributed by atoms with Crippen LogP contribution in [-0.4, -0.2) is 0 Å². The van der Waals surface area contributed by atoms with Gasteiger partial charge >= 0.3 is 0 Å². The van der Waals surface area contributed by atoms with Crippen molar-refractivity contribution in [1.82, 2.24) is 0 Å². The first-order valence-corrected chi connectivity index (χ1v) is 24.5. The number of allylic oxidation sites excluding steroid dienone is 5. The predicted octanol–water partition coefficient (Wildman–Crippen LogP) is 18.4. The Morgan fingerprint density at radius 3 is 1.35 bits per heavy atom. The maximum Gasteiger partial charge on any atom is 0.0465 e. The van der Waals surface area contributed by atoms with Gasteiger partial charge in [-0.2, -0.15) is 0 Å². The van der Waals surface area contributed by atoms with Gasteiger partial charge in [0.25, 0.3) is 0 Å². The second-order valence-corrected chi connectivity index (χ2v) is 19.1. The lowest BCUT2D eigenvalue weighted by Gasteiger charge is -2.29. The van der Waals surface area contributed by atoms with Crippen LogP contribution in [0, 0.1) is 0 Å². The molecule has 2 nitrogen and oxygen atoms in total. The molecule has 0 N–H and O–H groups in total. The van der Waals surface area contributed by atoms with Gasteiger partial charge in [0, 0.05) is 39.5 Å². The van der Waals surface area contributed by atoms with Gasteiger partial charge in [0.2, 0.25) is 0 Å². The Balaban J connectivity index is 0.888. The van der Waals surface area contributed by atoms with Gasteiger partial charge in [-0.1, -0.05) is 184 Å². The minimum absolute atomic E-state index is 0.258. The van der Waals surface area contributed by atoms with Crippen LogP contribution in [0.3, 0.4) is 0 Å². The molecule has 0 atom stereocenters. The molecule has 0 bridgehead atoms. The van der Waals surface area contributed by atoms with E-state index < -0.39 is 0 Å². The van der Waals surface area contributed by atoms with Crippen LogP contribution >= 0.6 is 0 Å². The van der Waals surface area contributed by atoms with E-state index in [1.165, 1.54) is 77.9 Å². The third-order valence-corrected chi connectivity index (χ3v) is 14.6. The molecule has 3 aliphatic rings. The summed E-state index contributed by atoms with van der Waals surface area (Å²) in [5.74, 6) is 0. The Morgan fingerprint density at radius 1 is 0.348 bits per heavy atom. The quantitative estimate of drug-likeness (QED) is 0.135. The highest BCUT2D eigenvalue weighted by atomic mass is 15.1. The van der Waals surface area contributed by atoms with Crippen molar-refractivity contribution >= 4 is 45.3 Å². The largest absolute Gasteiger partial charge is 0.310 e. The number of benzene rings is 9. The molecule has 9 aromatic carbocycles. The fourth-order valence-electron chi connectivity index (χ4n) is 10.9. The number of anilines is 6. The van der Waals surface area contributed by atoms with Crippen molar-refractivity contribution < 1.29 is 0 Å². The van der Waals surface area contributed by atoms with E-state index in [1.807, 2.05) is 0 Å². The summed E-state index contributed by atoms with van der Waals surface area (Å²) in [4.78, 5) is 4.82. The number of nitrogens with zero attached hydrogens (tertiary/aromatic N) is 2. The smallest absolute Gasteiger partial charge is 0.0465 e. The van der Waals surface area contributed by atoms with Crippen LogP contribution in [0.15, 0.2) is 243 Å². The monoisotopic (exact) mass is 886 g/mol. The summed E-state index contributed by atoms with van der Waals surface area (Å²) in [6.07, 6.45) is 13.7. The molecule has 0 fully saturated rings. The van der Waals surface area contributed by atoms with Gasteiger partial charge in [-0.3, -0.25) is 0 Å². The molecule has 0 saturated heterocycles. The molecule has 69 heavy (non-hydrogen) atoms. The van der Waals surface area contributed by atoms with Crippen LogP contribution < -0.4 is 9.80 Å². The fraction of sp³-hybridized carbons (Fsp3) is 0.104. The lowest BCUT2D eigenvalue weighted by Crippen LogP contribution is -2.17. The average Bonchev–Trinajstić information content (AvgIpc) is 3.64.